The molecule has 3 heterocycles. The number of thiazole rings is 1. The summed E-state index contributed by atoms with van der Waals surface area (Å²) in [5.74, 6) is 0.610. The van der Waals surface area contributed by atoms with Crippen molar-refractivity contribution in [3.05, 3.63) is 50.5 Å². The molecule has 11 nitrogen and oxygen atoms in total. The Labute approximate surface area is 333 Å². The molecule has 1 aliphatic carbocycles. The van der Waals surface area contributed by atoms with Gasteiger partial charge < -0.3 is 28.4 Å². The summed E-state index contributed by atoms with van der Waals surface area (Å²) >= 11 is 1.60. The van der Waals surface area contributed by atoms with Crippen LogP contribution in [0.4, 0.5) is 9.59 Å². The van der Waals surface area contributed by atoms with Crippen LogP contribution < -0.4 is 4.74 Å². The number of aromatic nitrogens is 1. The van der Waals surface area contributed by atoms with Gasteiger partial charge in [0.25, 0.3) is 5.91 Å². The van der Waals surface area contributed by atoms with Gasteiger partial charge in [-0.25, -0.2) is 14.6 Å². The number of carbonyl (C=O) groups is 3. The summed E-state index contributed by atoms with van der Waals surface area (Å²) in [6.45, 7) is 27.6. The molecule has 5 rings (SSSR count). The number of aryl methyl sites for hydroxylation is 1. The lowest BCUT2D eigenvalue weighted by atomic mass is 9.84. The topological polar surface area (TPSA) is 111 Å². The summed E-state index contributed by atoms with van der Waals surface area (Å²) in [4.78, 5) is 54.8. The minimum absolute atomic E-state index is 0.0474. The van der Waals surface area contributed by atoms with Crippen molar-refractivity contribution in [1.82, 2.24) is 19.7 Å². The van der Waals surface area contributed by atoms with Crippen LogP contribution in [-0.2, 0) is 31.7 Å². The highest BCUT2D eigenvalue weighted by Crippen LogP contribution is 2.44. The maximum atomic E-state index is 15.4. The van der Waals surface area contributed by atoms with Crippen molar-refractivity contribution in [3.63, 3.8) is 0 Å². The van der Waals surface area contributed by atoms with E-state index in [4.69, 9.17) is 23.6 Å². The Morgan fingerprint density at radius 3 is 2.16 bits per heavy atom. The molecule has 2 bridgehead atoms. The Morgan fingerprint density at radius 1 is 0.945 bits per heavy atom. The number of hydrogen-bond acceptors (Lipinski definition) is 9. The molecular weight excluding hydrogens is 733 g/mol. The van der Waals surface area contributed by atoms with Crippen LogP contribution in [0.25, 0.3) is 5.57 Å². The molecule has 2 aliphatic heterocycles. The zero-order valence-electron chi connectivity index (χ0n) is 35.7. The lowest BCUT2D eigenvalue weighted by Crippen LogP contribution is -2.66. The molecule has 0 N–H and O–H groups in total. The Balaban J connectivity index is 1.62. The fraction of sp³-hybridized carbons (Fsp3) is 0.667. The molecule has 3 aliphatic rings. The van der Waals surface area contributed by atoms with Crippen LogP contribution in [0.5, 0.6) is 5.75 Å². The first-order valence-corrected chi connectivity index (χ1v) is 23.4. The summed E-state index contributed by atoms with van der Waals surface area (Å²) in [6, 6.07) is 4.72. The van der Waals surface area contributed by atoms with Gasteiger partial charge in [0.2, 0.25) is 0 Å². The number of fused-ring (bicyclic) bond motifs is 2. The molecule has 1 aromatic carbocycles. The SMILES string of the molecule is COc1cccc(CN(C(=O)C2=C(c3nc(C)c(CCO[Si](C)(C)C(C)(C)C)s3)CC3CN(C(=O)OC(C)(C)C)C[C@H]2N3C(=O)OC(C)(C)C)C2CC2)c1C. The summed E-state index contributed by atoms with van der Waals surface area (Å²) in [7, 11) is -0.292. The van der Waals surface area contributed by atoms with Crippen molar-refractivity contribution in [2.75, 3.05) is 26.8 Å². The third-order valence-corrected chi connectivity index (χ3v) is 16.9. The zero-order chi connectivity index (χ0) is 40.8. The van der Waals surface area contributed by atoms with Gasteiger partial charge in [-0.3, -0.25) is 9.69 Å². The lowest BCUT2D eigenvalue weighted by molar-refractivity contribution is -0.129. The van der Waals surface area contributed by atoms with E-state index in [0.717, 1.165) is 57.3 Å². The number of piperazine rings is 1. The molecule has 13 heteroatoms. The molecule has 1 saturated heterocycles. The summed E-state index contributed by atoms with van der Waals surface area (Å²) in [6.07, 6.45) is 1.86. The number of rotatable bonds is 10. The lowest BCUT2D eigenvalue weighted by Gasteiger charge is -2.50. The van der Waals surface area contributed by atoms with Gasteiger partial charge in [-0.15, -0.1) is 11.3 Å². The number of amides is 3. The molecule has 0 spiro atoms. The fourth-order valence-electron chi connectivity index (χ4n) is 7.00. The minimum Gasteiger partial charge on any atom is -0.496 e. The van der Waals surface area contributed by atoms with Crippen molar-refractivity contribution < 1.29 is 33.0 Å². The Hall–Kier alpha value is -3.42. The number of carbonyl (C=O) groups excluding carboxylic acids is 3. The number of hydrogen-bond donors (Lipinski definition) is 0. The maximum absolute atomic E-state index is 15.4. The maximum Gasteiger partial charge on any atom is 0.411 e. The molecule has 2 fully saturated rings. The van der Waals surface area contributed by atoms with E-state index in [1.54, 1.807) is 28.2 Å². The van der Waals surface area contributed by atoms with Crippen molar-refractivity contribution >= 4 is 43.3 Å². The van der Waals surface area contributed by atoms with Crippen molar-refractivity contribution in [3.8, 4) is 5.75 Å². The number of methoxy groups -OCH3 is 1. The minimum atomic E-state index is -1.94. The van der Waals surface area contributed by atoms with Gasteiger partial charge >= 0.3 is 12.2 Å². The highest BCUT2D eigenvalue weighted by molar-refractivity contribution is 7.12. The van der Waals surface area contributed by atoms with Crippen molar-refractivity contribution in [1.29, 1.82) is 0 Å². The number of nitrogens with zero attached hydrogens (tertiary/aromatic N) is 4. The molecule has 1 aromatic heterocycles. The monoisotopic (exact) mass is 796 g/mol. The molecule has 1 unspecified atom stereocenters. The number of ether oxygens (including phenoxy) is 3. The fourth-order valence-corrected chi connectivity index (χ4v) is 9.15. The highest BCUT2D eigenvalue weighted by atomic mass is 32.1. The largest absolute Gasteiger partial charge is 0.496 e. The van der Waals surface area contributed by atoms with Crippen LogP contribution in [0.2, 0.25) is 18.1 Å². The first-order chi connectivity index (χ1) is 25.4. The van der Waals surface area contributed by atoms with Crippen LogP contribution in [0, 0.1) is 13.8 Å². The second-order valence-corrected chi connectivity index (χ2v) is 24.7. The van der Waals surface area contributed by atoms with Crippen LogP contribution in [-0.4, -0.2) is 102 Å². The smallest absolute Gasteiger partial charge is 0.411 e. The predicted molar refractivity (Wildman–Crippen MR) is 220 cm³/mol. The second kappa shape index (κ2) is 15.8. The van der Waals surface area contributed by atoms with Gasteiger partial charge in [-0.05, 0) is 110 Å². The van der Waals surface area contributed by atoms with Gasteiger partial charge in [-0.2, -0.15) is 0 Å². The van der Waals surface area contributed by atoms with Crippen molar-refractivity contribution in [2.24, 2.45) is 0 Å². The molecule has 304 valence electrons. The zero-order valence-corrected chi connectivity index (χ0v) is 37.5. The molecule has 2 aromatic rings. The van der Waals surface area contributed by atoms with E-state index in [9.17, 15) is 9.59 Å². The van der Waals surface area contributed by atoms with Gasteiger partial charge in [0, 0.05) is 54.7 Å². The normalized spacial score (nSPS) is 19.4. The second-order valence-electron chi connectivity index (χ2n) is 18.8. The van der Waals surface area contributed by atoms with E-state index < -0.39 is 43.8 Å². The Kier molecular flexibility index (Phi) is 12.3. The first kappa shape index (κ1) is 42.7. The first-order valence-electron chi connectivity index (χ1n) is 19.7. The molecule has 1 saturated carbocycles. The van der Waals surface area contributed by atoms with E-state index in [-0.39, 0.29) is 30.1 Å². The third-order valence-electron chi connectivity index (χ3n) is 11.1. The van der Waals surface area contributed by atoms with Crippen LogP contribution in [0.15, 0.2) is 23.8 Å². The van der Waals surface area contributed by atoms with Gasteiger partial charge in [0.1, 0.15) is 22.0 Å². The van der Waals surface area contributed by atoms with E-state index >= 15 is 4.79 Å². The van der Waals surface area contributed by atoms with E-state index in [1.165, 1.54) is 0 Å². The number of benzene rings is 1. The van der Waals surface area contributed by atoms with Gasteiger partial charge in [0.15, 0.2) is 8.32 Å². The third kappa shape index (κ3) is 9.94. The van der Waals surface area contributed by atoms with E-state index in [0.29, 0.717) is 25.1 Å². The summed E-state index contributed by atoms with van der Waals surface area (Å²) in [5.41, 5.74) is 2.73. The Morgan fingerprint density at radius 2 is 1.58 bits per heavy atom. The quantitative estimate of drug-likeness (QED) is 0.219. The van der Waals surface area contributed by atoms with Gasteiger partial charge in [0.05, 0.1) is 24.9 Å². The van der Waals surface area contributed by atoms with Gasteiger partial charge in [-0.1, -0.05) is 32.9 Å². The van der Waals surface area contributed by atoms with Crippen LogP contribution in [0.3, 0.4) is 0 Å². The standard InChI is InChI=1S/C42H64N4O7SSi/c1-26-28(16-15-17-33(26)50-12)23-45(29-18-19-29)37(47)35-31(36-43-27(2)34(54-36)20-21-51-55(13,14)42(9,10)11)22-30-24-44(38(48)52-40(3,4)5)25-32(35)46(30)39(49)53-41(6,7)8/h15-17,29-30,32H,18-25H2,1-14H3/t30?,32-/m1/s1. The average Bonchev–Trinajstić information content (AvgIpc) is 3.82. The van der Waals surface area contributed by atoms with Crippen LogP contribution >= 0.6 is 11.3 Å². The summed E-state index contributed by atoms with van der Waals surface area (Å²) < 4.78 is 24.0. The summed E-state index contributed by atoms with van der Waals surface area (Å²) in [5, 5.41) is 0.881. The van der Waals surface area contributed by atoms with E-state index in [2.05, 4.69) is 33.9 Å². The predicted octanol–water partition coefficient (Wildman–Crippen LogP) is 8.91. The highest BCUT2D eigenvalue weighted by Gasteiger charge is 2.51. The Bertz CT molecular complexity index is 1800. The molecule has 3 amide bonds. The average molecular weight is 797 g/mol. The molecular formula is C42H64N4O7SSi. The molecule has 0 radical (unpaired) electrons. The van der Waals surface area contributed by atoms with Crippen LogP contribution in [0.1, 0.15) is 108 Å². The molecule has 55 heavy (non-hydrogen) atoms. The van der Waals surface area contributed by atoms with Crippen molar-refractivity contribution in [2.45, 2.75) is 156 Å². The van der Waals surface area contributed by atoms with E-state index in [1.807, 2.05) is 78.5 Å². The molecule has 2 atom stereocenters.